The number of aromatic nitrogens is 1. The van der Waals surface area contributed by atoms with Gasteiger partial charge in [0.2, 0.25) is 15.9 Å². The Bertz CT molecular complexity index is 857. The summed E-state index contributed by atoms with van der Waals surface area (Å²) >= 11 is 0. The van der Waals surface area contributed by atoms with Gasteiger partial charge in [-0.05, 0) is 25.1 Å². The minimum Gasteiger partial charge on any atom is -0.474 e. The van der Waals surface area contributed by atoms with E-state index in [0.717, 1.165) is 0 Å². The van der Waals surface area contributed by atoms with Crippen LogP contribution in [0.4, 0.5) is 5.69 Å². The molecule has 2 aromatic rings. The Morgan fingerprint density at radius 2 is 2.07 bits per heavy atom. The lowest BCUT2D eigenvalue weighted by Crippen LogP contribution is -2.41. The molecular formula is C18H23N3O5S. The van der Waals surface area contributed by atoms with Crippen LogP contribution in [0.25, 0.3) is 0 Å². The van der Waals surface area contributed by atoms with Gasteiger partial charge >= 0.3 is 0 Å². The van der Waals surface area contributed by atoms with E-state index < -0.39 is 10.0 Å². The average molecular weight is 393 g/mol. The van der Waals surface area contributed by atoms with Gasteiger partial charge in [-0.2, -0.15) is 0 Å². The monoisotopic (exact) mass is 393 g/mol. The molecule has 1 saturated heterocycles. The van der Waals surface area contributed by atoms with Crippen LogP contribution in [0.2, 0.25) is 0 Å². The van der Waals surface area contributed by atoms with Crippen LogP contribution in [0.3, 0.4) is 0 Å². The lowest BCUT2D eigenvalue weighted by molar-refractivity contribution is 0.0559. The van der Waals surface area contributed by atoms with Gasteiger partial charge in [-0.25, -0.2) is 13.4 Å². The van der Waals surface area contributed by atoms with E-state index in [4.69, 9.17) is 9.15 Å². The van der Waals surface area contributed by atoms with Crippen LogP contribution in [0.5, 0.6) is 5.88 Å². The molecule has 0 N–H and O–H groups in total. The summed E-state index contributed by atoms with van der Waals surface area (Å²) in [7, 11) is -1.81. The Balaban J connectivity index is 1.54. The molecule has 0 atom stereocenters. The van der Waals surface area contributed by atoms with Gasteiger partial charge in [0.15, 0.2) is 5.76 Å². The maximum absolute atomic E-state index is 12.3. The SMILES string of the molecule is CCS(=O)(=O)N(C)c1ccc(OC2CCN(C(=O)c3ccco3)CC2)nc1. The number of carbonyl (C=O) groups excluding carboxylic acids is 1. The van der Waals surface area contributed by atoms with Gasteiger partial charge in [-0.3, -0.25) is 9.10 Å². The quantitative estimate of drug-likeness (QED) is 0.747. The molecule has 0 aromatic carbocycles. The molecule has 0 radical (unpaired) electrons. The lowest BCUT2D eigenvalue weighted by atomic mass is 10.1. The van der Waals surface area contributed by atoms with Crippen molar-refractivity contribution in [1.29, 1.82) is 0 Å². The van der Waals surface area contributed by atoms with Crippen LogP contribution in [-0.2, 0) is 10.0 Å². The highest BCUT2D eigenvalue weighted by Crippen LogP contribution is 2.22. The van der Waals surface area contributed by atoms with Crippen LogP contribution in [0.15, 0.2) is 41.1 Å². The summed E-state index contributed by atoms with van der Waals surface area (Å²) in [4.78, 5) is 18.2. The van der Waals surface area contributed by atoms with Crippen molar-refractivity contribution in [2.45, 2.75) is 25.9 Å². The van der Waals surface area contributed by atoms with Crippen LogP contribution in [0.1, 0.15) is 30.3 Å². The van der Waals surface area contributed by atoms with Crippen molar-refractivity contribution >= 4 is 21.6 Å². The van der Waals surface area contributed by atoms with Crippen LogP contribution in [0, 0.1) is 0 Å². The van der Waals surface area contributed by atoms with Crippen molar-refractivity contribution in [3.63, 3.8) is 0 Å². The summed E-state index contributed by atoms with van der Waals surface area (Å²) < 4.78 is 36.0. The second-order valence-electron chi connectivity index (χ2n) is 6.31. The number of rotatable bonds is 6. The molecule has 3 heterocycles. The third kappa shape index (κ3) is 4.41. The molecule has 0 spiro atoms. The molecule has 2 aromatic heterocycles. The zero-order chi connectivity index (χ0) is 19.4. The van der Waals surface area contributed by atoms with E-state index in [-0.39, 0.29) is 17.8 Å². The molecule has 0 saturated carbocycles. The summed E-state index contributed by atoms with van der Waals surface area (Å²) in [6, 6.07) is 6.69. The lowest BCUT2D eigenvalue weighted by Gasteiger charge is -2.31. The Morgan fingerprint density at radius 3 is 2.63 bits per heavy atom. The highest BCUT2D eigenvalue weighted by atomic mass is 32.2. The van der Waals surface area contributed by atoms with Gasteiger partial charge in [0.1, 0.15) is 6.10 Å². The van der Waals surface area contributed by atoms with Gasteiger partial charge in [0.25, 0.3) is 5.91 Å². The van der Waals surface area contributed by atoms with E-state index in [0.29, 0.717) is 43.3 Å². The smallest absolute Gasteiger partial charge is 0.289 e. The standard InChI is InChI=1S/C18H23N3O5S/c1-3-27(23,24)20(2)14-6-7-17(19-13-14)26-15-8-10-21(11-9-15)18(22)16-5-4-12-25-16/h4-7,12-13,15H,3,8-11H2,1-2H3. The fraction of sp³-hybridized carbons (Fsp3) is 0.444. The molecule has 0 unspecified atom stereocenters. The van der Waals surface area contributed by atoms with E-state index >= 15 is 0 Å². The number of pyridine rings is 1. The molecule has 146 valence electrons. The van der Waals surface area contributed by atoms with Crippen LogP contribution >= 0.6 is 0 Å². The number of sulfonamides is 1. The third-order valence-electron chi connectivity index (χ3n) is 4.61. The number of furan rings is 1. The molecular weight excluding hydrogens is 370 g/mol. The van der Waals surface area contributed by atoms with E-state index in [1.807, 2.05) is 0 Å². The summed E-state index contributed by atoms with van der Waals surface area (Å²) in [5.74, 6) is 0.701. The highest BCUT2D eigenvalue weighted by molar-refractivity contribution is 7.92. The Labute approximate surface area is 158 Å². The van der Waals surface area contributed by atoms with E-state index in [1.54, 1.807) is 36.1 Å². The van der Waals surface area contributed by atoms with Gasteiger partial charge in [-0.1, -0.05) is 0 Å². The number of likely N-dealkylation sites (tertiary alicyclic amines) is 1. The van der Waals surface area contributed by atoms with E-state index in [2.05, 4.69) is 4.98 Å². The Kier molecular flexibility index (Phi) is 5.69. The minimum absolute atomic E-state index is 0.0249. The number of ether oxygens (including phenoxy) is 1. The normalized spacial score (nSPS) is 15.6. The van der Waals surface area contributed by atoms with Gasteiger partial charge < -0.3 is 14.1 Å². The largest absolute Gasteiger partial charge is 0.474 e. The fourth-order valence-corrected chi connectivity index (χ4v) is 3.70. The first-order chi connectivity index (χ1) is 12.9. The van der Waals surface area contributed by atoms with Crippen molar-refractivity contribution in [3.05, 3.63) is 42.5 Å². The van der Waals surface area contributed by atoms with Crippen molar-refractivity contribution in [2.24, 2.45) is 0 Å². The van der Waals surface area contributed by atoms with Gasteiger partial charge in [0, 0.05) is 39.0 Å². The number of amides is 1. The number of anilines is 1. The molecule has 1 aliphatic heterocycles. The molecule has 1 amide bonds. The number of carbonyl (C=O) groups is 1. The summed E-state index contributed by atoms with van der Waals surface area (Å²) in [6.45, 7) is 2.76. The molecule has 3 rings (SSSR count). The zero-order valence-electron chi connectivity index (χ0n) is 15.4. The summed E-state index contributed by atoms with van der Waals surface area (Å²) in [5, 5.41) is 0. The predicted molar refractivity (Wildman–Crippen MR) is 100 cm³/mol. The second kappa shape index (κ2) is 7.99. The molecule has 0 aliphatic carbocycles. The fourth-order valence-electron chi connectivity index (χ4n) is 2.89. The summed E-state index contributed by atoms with van der Waals surface area (Å²) in [5.41, 5.74) is 0.489. The highest BCUT2D eigenvalue weighted by Gasteiger charge is 2.26. The number of hydrogen-bond acceptors (Lipinski definition) is 6. The first-order valence-corrected chi connectivity index (χ1v) is 10.4. The van der Waals surface area contributed by atoms with Crippen LogP contribution < -0.4 is 9.04 Å². The summed E-state index contributed by atoms with van der Waals surface area (Å²) in [6.07, 6.45) is 4.32. The first-order valence-electron chi connectivity index (χ1n) is 8.83. The van der Waals surface area contributed by atoms with Crippen molar-refractivity contribution in [2.75, 3.05) is 30.2 Å². The Hall–Kier alpha value is -2.55. The Morgan fingerprint density at radius 1 is 1.33 bits per heavy atom. The van der Waals surface area contributed by atoms with Gasteiger partial charge in [-0.15, -0.1) is 0 Å². The van der Waals surface area contributed by atoms with E-state index in [9.17, 15) is 13.2 Å². The molecule has 8 nitrogen and oxygen atoms in total. The maximum atomic E-state index is 12.3. The predicted octanol–water partition coefficient (Wildman–Crippen LogP) is 2.14. The van der Waals surface area contributed by atoms with Crippen molar-refractivity contribution < 1.29 is 22.4 Å². The average Bonchev–Trinajstić information content (AvgIpc) is 3.23. The number of piperidine rings is 1. The topological polar surface area (TPSA) is 93.0 Å². The minimum atomic E-state index is -3.32. The molecule has 27 heavy (non-hydrogen) atoms. The molecule has 1 aliphatic rings. The molecule has 9 heteroatoms. The van der Waals surface area contributed by atoms with Crippen molar-refractivity contribution in [3.8, 4) is 5.88 Å². The van der Waals surface area contributed by atoms with E-state index in [1.165, 1.54) is 23.8 Å². The molecule has 0 bridgehead atoms. The number of hydrogen-bond donors (Lipinski definition) is 0. The number of nitrogens with zero attached hydrogens (tertiary/aromatic N) is 3. The van der Waals surface area contributed by atoms with Crippen molar-refractivity contribution in [1.82, 2.24) is 9.88 Å². The second-order valence-corrected chi connectivity index (χ2v) is 8.60. The van der Waals surface area contributed by atoms with Crippen LogP contribution in [-0.4, -0.2) is 56.2 Å². The zero-order valence-corrected chi connectivity index (χ0v) is 16.2. The maximum Gasteiger partial charge on any atom is 0.289 e. The third-order valence-corrected chi connectivity index (χ3v) is 6.39. The van der Waals surface area contributed by atoms with Gasteiger partial charge in [0.05, 0.1) is 23.9 Å². The molecule has 1 fully saturated rings. The first kappa shape index (κ1) is 19.2.